The number of nitriles is 1. The van der Waals surface area contributed by atoms with E-state index in [0.717, 1.165) is 5.56 Å². The third-order valence-corrected chi connectivity index (χ3v) is 3.90. The van der Waals surface area contributed by atoms with Crippen LogP contribution in [-0.2, 0) is 11.3 Å². The lowest BCUT2D eigenvalue weighted by Crippen LogP contribution is -2.27. The first-order chi connectivity index (χ1) is 12.9. The van der Waals surface area contributed by atoms with Gasteiger partial charge in [0.25, 0.3) is 5.91 Å². The van der Waals surface area contributed by atoms with E-state index in [9.17, 15) is 14.9 Å². The number of nitrogens with zero attached hydrogens (tertiary/aromatic N) is 2. The lowest BCUT2D eigenvalue weighted by atomic mass is 10.1. The molecule has 0 aromatic heterocycles. The number of aromatic carboxylic acids is 1. The summed E-state index contributed by atoms with van der Waals surface area (Å²) >= 11 is 0. The van der Waals surface area contributed by atoms with Gasteiger partial charge in [-0.1, -0.05) is 36.4 Å². The van der Waals surface area contributed by atoms with Crippen molar-refractivity contribution in [2.45, 2.75) is 26.4 Å². The van der Waals surface area contributed by atoms with Gasteiger partial charge in [-0.3, -0.25) is 4.79 Å². The van der Waals surface area contributed by atoms with Crippen LogP contribution >= 0.6 is 0 Å². The topological polar surface area (TPSA) is 93.4 Å². The molecular weight excluding hydrogens is 342 g/mol. The Labute approximate surface area is 158 Å². The second-order valence-electron chi connectivity index (χ2n) is 6.25. The quantitative estimate of drug-likeness (QED) is 0.579. The lowest BCUT2D eigenvalue weighted by Gasteiger charge is -2.25. The van der Waals surface area contributed by atoms with E-state index in [1.54, 1.807) is 6.07 Å². The van der Waals surface area contributed by atoms with Crippen LogP contribution in [0.3, 0.4) is 0 Å². The molecule has 0 aliphatic carbocycles. The zero-order valence-corrected chi connectivity index (χ0v) is 15.2. The lowest BCUT2D eigenvalue weighted by molar-refractivity contribution is -0.112. The van der Waals surface area contributed by atoms with Crippen LogP contribution in [-0.4, -0.2) is 27.9 Å². The molecule has 1 amide bonds. The summed E-state index contributed by atoms with van der Waals surface area (Å²) in [6.45, 7) is 4.51. The van der Waals surface area contributed by atoms with Crippen molar-refractivity contribution in [3.8, 4) is 6.07 Å². The summed E-state index contributed by atoms with van der Waals surface area (Å²) < 4.78 is 0. The molecule has 0 saturated heterocycles. The Morgan fingerprint density at radius 2 is 1.89 bits per heavy atom. The average molecular weight is 363 g/mol. The third-order valence-electron chi connectivity index (χ3n) is 3.90. The van der Waals surface area contributed by atoms with E-state index in [-0.39, 0.29) is 17.2 Å². The predicted molar refractivity (Wildman–Crippen MR) is 103 cm³/mol. The molecule has 2 aromatic carbocycles. The molecule has 0 saturated carbocycles. The van der Waals surface area contributed by atoms with E-state index in [4.69, 9.17) is 5.11 Å². The van der Waals surface area contributed by atoms with Crippen molar-refractivity contribution in [2.75, 3.05) is 5.32 Å². The highest BCUT2D eigenvalue weighted by Crippen LogP contribution is 2.14. The maximum absolute atomic E-state index is 12.5. The van der Waals surface area contributed by atoms with Crippen molar-refractivity contribution in [3.05, 3.63) is 77.5 Å². The van der Waals surface area contributed by atoms with Crippen LogP contribution in [0.1, 0.15) is 29.8 Å². The molecule has 2 N–H and O–H groups in total. The van der Waals surface area contributed by atoms with E-state index in [1.165, 1.54) is 24.4 Å². The molecule has 0 unspecified atom stereocenters. The zero-order chi connectivity index (χ0) is 19.8. The first kappa shape index (κ1) is 19.7. The van der Waals surface area contributed by atoms with E-state index in [2.05, 4.69) is 5.32 Å². The fourth-order valence-electron chi connectivity index (χ4n) is 2.40. The maximum atomic E-state index is 12.5. The van der Waals surface area contributed by atoms with E-state index in [1.807, 2.05) is 55.1 Å². The Kier molecular flexibility index (Phi) is 6.73. The molecule has 6 heteroatoms. The second kappa shape index (κ2) is 9.20. The monoisotopic (exact) mass is 363 g/mol. The Bertz CT molecular complexity index is 883. The number of hydrogen-bond acceptors (Lipinski definition) is 4. The first-order valence-corrected chi connectivity index (χ1v) is 8.47. The highest BCUT2D eigenvalue weighted by atomic mass is 16.4. The molecular formula is C21H21N3O3. The molecule has 2 aromatic rings. The Morgan fingerprint density at radius 3 is 2.48 bits per heavy atom. The van der Waals surface area contributed by atoms with E-state index in [0.29, 0.717) is 12.2 Å². The molecule has 0 radical (unpaired) electrons. The van der Waals surface area contributed by atoms with Gasteiger partial charge in [-0.25, -0.2) is 4.79 Å². The van der Waals surface area contributed by atoms with E-state index < -0.39 is 11.9 Å². The van der Waals surface area contributed by atoms with Gasteiger partial charge in [-0.05, 0) is 37.6 Å². The number of anilines is 1. The number of carboxylic acids is 1. The first-order valence-electron chi connectivity index (χ1n) is 8.47. The molecule has 0 aliphatic heterocycles. The smallest absolute Gasteiger partial charge is 0.335 e. The Morgan fingerprint density at radius 1 is 1.19 bits per heavy atom. The van der Waals surface area contributed by atoms with Gasteiger partial charge in [0.15, 0.2) is 0 Å². The summed E-state index contributed by atoms with van der Waals surface area (Å²) in [6, 6.07) is 17.6. The van der Waals surface area contributed by atoms with Crippen LogP contribution in [0.4, 0.5) is 5.69 Å². The SMILES string of the molecule is CC(C)N(/C=C(/C#N)C(=O)Nc1cccc(C(=O)O)c1)Cc1ccccc1. The summed E-state index contributed by atoms with van der Waals surface area (Å²) in [5.41, 5.74) is 1.39. The molecule has 0 bridgehead atoms. The van der Waals surface area contributed by atoms with Crippen molar-refractivity contribution in [1.29, 1.82) is 5.26 Å². The number of carboxylic acid groups (broad SMARTS) is 1. The number of benzene rings is 2. The molecule has 2 rings (SSSR count). The van der Waals surface area contributed by atoms with Crippen LogP contribution in [0.15, 0.2) is 66.4 Å². The standard InChI is InChI=1S/C21H21N3O3/c1-15(2)24(13-16-7-4-3-5-8-16)14-18(12-22)20(25)23-19-10-6-9-17(11-19)21(26)27/h3-11,14-15H,13H2,1-2H3,(H,23,25)(H,26,27)/b18-14-. The number of nitrogens with one attached hydrogen (secondary N) is 1. The Balaban J connectivity index is 2.19. The Hall–Kier alpha value is -3.59. The van der Waals surface area contributed by atoms with Crippen LogP contribution in [0.25, 0.3) is 0 Å². The highest BCUT2D eigenvalue weighted by molar-refractivity contribution is 6.06. The van der Waals surface area contributed by atoms with Gasteiger partial charge in [0, 0.05) is 24.5 Å². The normalized spacial score (nSPS) is 11.0. The van der Waals surface area contributed by atoms with Crippen molar-refractivity contribution >= 4 is 17.6 Å². The fraction of sp³-hybridized carbons (Fsp3) is 0.190. The average Bonchev–Trinajstić information content (AvgIpc) is 2.65. The third kappa shape index (κ3) is 5.72. The summed E-state index contributed by atoms with van der Waals surface area (Å²) in [7, 11) is 0. The van der Waals surface area contributed by atoms with Gasteiger partial charge in [-0.15, -0.1) is 0 Å². The van der Waals surface area contributed by atoms with Crippen molar-refractivity contribution in [2.24, 2.45) is 0 Å². The summed E-state index contributed by atoms with van der Waals surface area (Å²) in [5.74, 6) is -1.67. The van der Waals surface area contributed by atoms with Crippen molar-refractivity contribution in [3.63, 3.8) is 0 Å². The van der Waals surface area contributed by atoms with Crippen molar-refractivity contribution < 1.29 is 14.7 Å². The molecule has 0 heterocycles. The van der Waals surface area contributed by atoms with Crippen molar-refractivity contribution in [1.82, 2.24) is 4.90 Å². The number of hydrogen-bond donors (Lipinski definition) is 2. The molecule has 0 atom stereocenters. The van der Waals surface area contributed by atoms with Gasteiger partial charge in [0.05, 0.1) is 5.56 Å². The number of rotatable bonds is 7. The zero-order valence-electron chi connectivity index (χ0n) is 15.2. The van der Waals surface area contributed by atoms with E-state index >= 15 is 0 Å². The van der Waals surface area contributed by atoms with Gasteiger partial charge >= 0.3 is 5.97 Å². The minimum atomic E-state index is -1.09. The van der Waals surface area contributed by atoms with Crippen LogP contribution in [0.2, 0.25) is 0 Å². The maximum Gasteiger partial charge on any atom is 0.335 e. The number of amides is 1. The molecule has 6 nitrogen and oxygen atoms in total. The molecule has 0 spiro atoms. The highest BCUT2D eigenvalue weighted by Gasteiger charge is 2.14. The predicted octanol–water partition coefficient (Wildman–Crippen LogP) is 3.64. The molecule has 0 aliphatic rings. The van der Waals surface area contributed by atoms with Crippen LogP contribution in [0, 0.1) is 11.3 Å². The largest absolute Gasteiger partial charge is 0.478 e. The number of carbonyl (C=O) groups is 2. The second-order valence-corrected chi connectivity index (χ2v) is 6.25. The molecule has 0 fully saturated rings. The number of carbonyl (C=O) groups excluding carboxylic acids is 1. The van der Waals surface area contributed by atoms with Crippen LogP contribution in [0.5, 0.6) is 0 Å². The summed E-state index contributed by atoms with van der Waals surface area (Å²) in [6.07, 6.45) is 1.54. The molecule has 27 heavy (non-hydrogen) atoms. The van der Waals surface area contributed by atoms with Gasteiger partial charge in [-0.2, -0.15) is 5.26 Å². The van der Waals surface area contributed by atoms with Gasteiger partial charge in [0.1, 0.15) is 11.6 Å². The summed E-state index contributed by atoms with van der Waals surface area (Å²) in [4.78, 5) is 25.4. The van der Waals surface area contributed by atoms with Gasteiger partial charge < -0.3 is 15.3 Å². The fourth-order valence-corrected chi connectivity index (χ4v) is 2.40. The minimum absolute atomic E-state index is 0.0552. The van der Waals surface area contributed by atoms with Gasteiger partial charge in [0.2, 0.25) is 0 Å². The molecule has 138 valence electrons. The van der Waals surface area contributed by atoms with Crippen LogP contribution < -0.4 is 5.32 Å². The minimum Gasteiger partial charge on any atom is -0.478 e. The summed E-state index contributed by atoms with van der Waals surface area (Å²) in [5, 5.41) is 21.0.